The van der Waals surface area contributed by atoms with Gasteiger partial charge in [-0.15, -0.1) is 0 Å². The van der Waals surface area contributed by atoms with Crippen molar-refractivity contribution in [3.8, 4) is 0 Å². The molecule has 1 aliphatic carbocycles. The first-order valence-corrected chi connectivity index (χ1v) is 8.78. The van der Waals surface area contributed by atoms with Crippen LogP contribution in [0.4, 0.5) is 0 Å². The summed E-state index contributed by atoms with van der Waals surface area (Å²) in [5.41, 5.74) is -0.353. The van der Waals surface area contributed by atoms with Gasteiger partial charge >= 0.3 is 7.12 Å². The molecule has 1 aliphatic heterocycles. The van der Waals surface area contributed by atoms with Gasteiger partial charge in [0.05, 0.1) is 11.2 Å². The summed E-state index contributed by atoms with van der Waals surface area (Å²) >= 11 is 0. The Kier molecular flexibility index (Phi) is 5.59. The highest BCUT2D eigenvalue weighted by Crippen LogP contribution is 2.42. The third kappa shape index (κ3) is 4.01. The van der Waals surface area contributed by atoms with Gasteiger partial charge in [0, 0.05) is 0 Å². The van der Waals surface area contributed by atoms with Crippen molar-refractivity contribution in [2.24, 2.45) is 0 Å². The first-order valence-electron chi connectivity index (χ1n) is 8.78. The van der Waals surface area contributed by atoms with Crippen LogP contribution in [-0.4, -0.2) is 18.3 Å². The van der Waals surface area contributed by atoms with Crippen molar-refractivity contribution in [3.63, 3.8) is 0 Å². The normalized spacial score (nSPS) is 29.1. The maximum Gasteiger partial charge on any atom is 0.461 e. The third-order valence-corrected chi connectivity index (χ3v) is 5.56. The molecule has 0 spiro atoms. The molecular formula is C17H33BO2. The molecule has 1 saturated carbocycles. The van der Waals surface area contributed by atoms with E-state index in [-0.39, 0.29) is 18.3 Å². The number of rotatable bonds is 1. The van der Waals surface area contributed by atoms with E-state index in [2.05, 4.69) is 27.7 Å². The average Bonchev–Trinajstić information content (AvgIpc) is 2.57. The molecule has 116 valence electrons. The minimum Gasteiger partial charge on any atom is -0.403 e. The molecule has 1 saturated heterocycles. The number of hydrogen-bond donors (Lipinski definition) is 0. The zero-order valence-electron chi connectivity index (χ0n) is 14.0. The van der Waals surface area contributed by atoms with Gasteiger partial charge in [-0.05, 0) is 33.5 Å². The van der Waals surface area contributed by atoms with Crippen LogP contribution in [0, 0.1) is 0 Å². The lowest BCUT2D eigenvalue weighted by molar-refractivity contribution is 0.00578. The molecule has 0 atom stereocenters. The van der Waals surface area contributed by atoms with Crippen LogP contribution in [-0.2, 0) is 9.31 Å². The molecule has 3 heteroatoms. The molecule has 0 aromatic carbocycles. The summed E-state index contributed by atoms with van der Waals surface area (Å²) in [5.74, 6) is 0.592. The lowest BCUT2D eigenvalue weighted by Gasteiger charge is -2.32. The third-order valence-electron chi connectivity index (χ3n) is 5.56. The Balaban J connectivity index is 1.94. The van der Waals surface area contributed by atoms with E-state index in [0.717, 1.165) is 0 Å². The van der Waals surface area contributed by atoms with Crippen molar-refractivity contribution in [2.75, 3.05) is 0 Å². The Hall–Kier alpha value is -0.0151. The van der Waals surface area contributed by atoms with Crippen molar-refractivity contribution in [2.45, 2.75) is 109 Å². The molecular weight excluding hydrogens is 247 g/mol. The molecule has 2 aliphatic rings. The van der Waals surface area contributed by atoms with E-state index >= 15 is 0 Å². The maximum atomic E-state index is 6.28. The largest absolute Gasteiger partial charge is 0.461 e. The summed E-state index contributed by atoms with van der Waals surface area (Å²) in [6.45, 7) is 8.66. The molecule has 0 bridgehead atoms. The van der Waals surface area contributed by atoms with Crippen LogP contribution in [0.25, 0.3) is 0 Å². The Morgan fingerprint density at radius 3 is 1.40 bits per heavy atom. The first kappa shape index (κ1) is 16.4. The Morgan fingerprint density at radius 1 is 0.650 bits per heavy atom. The summed E-state index contributed by atoms with van der Waals surface area (Å²) in [6, 6.07) is 0. The lowest BCUT2D eigenvalue weighted by atomic mass is 9.66. The second kappa shape index (κ2) is 6.83. The second-order valence-electron chi connectivity index (χ2n) is 7.79. The molecule has 0 N–H and O–H groups in total. The van der Waals surface area contributed by atoms with Crippen molar-refractivity contribution >= 4 is 7.12 Å². The van der Waals surface area contributed by atoms with Gasteiger partial charge in [-0.1, -0.05) is 64.2 Å². The molecule has 0 amide bonds. The average molecular weight is 280 g/mol. The summed E-state index contributed by atoms with van der Waals surface area (Å²) < 4.78 is 12.6. The summed E-state index contributed by atoms with van der Waals surface area (Å²) in [4.78, 5) is 0. The van der Waals surface area contributed by atoms with Crippen LogP contribution in [0.1, 0.15) is 91.9 Å². The van der Waals surface area contributed by atoms with Gasteiger partial charge in [-0.3, -0.25) is 0 Å². The highest BCUT2D eigenvalue weighted by Gasteiger charge is 2.53. The van der Waals surface area contributed by atoms with Gasteiger partial charge in [-0.2, -0.15) is 0 Å². The molecule has 2 nitrogen and oxygen atoms in total. The molecule has 1 heterocycles. The van der Waals surface area contributed by atoms with Crippen LogP contribution < -0.4 is 0 Å². The maximum absolute atomic E-state index is 6.28. The predicted molar refractivity (Wildman–Crippen MR) is 86.0 cm³/mol. The molecule has 2 fully saturated rings. The van der Waals surface area contributed by atoms with Crippen molar-refractivity contribution < 1.29 is 9.31 Å². The fraction of sp³-hybridized carbons (Fsp3) is 1.00. The molecule has 0 radical (unpaired) electrons. The topological polar surface area (TPSA) is 18.5 Å². The molecule has 2 rings (SSSR count). The van der Waals surface area contributed by atoms with Crippen LogP contribution >= 0.6 is 0 Å². The van der Waals surface area contributed by atoms with Gasteiger partial charge in [0.15, 0.2) is 0 Å². The van der Waals surface area contributed by atoms with Crippen LogP contribution in [0.5, 0.6) is 0 Å². The molecule has 0 aromatic heterocycles. The van der Waals surface area contributed by atoms with E-state index in [0.29, 0.717) is 5.82 Å². The van der Waals surface area contributed by atoms with E-state index in [9.17, 15) is 0 Å². The zero-order chi connectivity index (χ0) is 14.6. The SMILES string of the molecule is CC1(C)OB(C2CCCCCCCCCC2)OC1(C)C. The zero-order valence-corrected chi connectivity index (χ0v) is 14.0. The fourth-order valence-electron chi connectivity index (χ4n) is 3.37. The smallest absolute Gasteiger partial charge is 0.403 e. The lowest BCUT2D eigenvalue weighted by Crippen LogP contribution is -2.41. The Labute approximate surface area is 126 Å². The van der Waals surface area contributed by atoms with Crippen molar-refractivity contribution in [3.05, 3.63) is 0 Å². The van der Waals surface area contributed by atoms with E-state index in [1.807, 2.05) is 0 Å². The monoisotopic (exact) mass is 280 g/mol. The quantitative estimate of drug-likeness (QED) is 0.602. The first-order chi connectivity index (χ1) is 9.42. The van der Waals surface area contributed by atoms with Crippen molar-refractivity contribution in [1.82, 2.24) is 0 Å². The standard InChI is InChI=1S/C17H33BO2/c1-16(2)17(3,4)20-18(19-16)15-13-11-9-7-5-6-8-10-12-14-15/h15H,5-14H2,1-4H3. The molecule has 0 aromatic rings. The van der Waals surface area contributed by atoms with Crippen LogP contribution in [0.3, 0.4) is 0 Å². The summed E-state index contributed by atoms with van der Waals surface area (Å²) in [5, 5.41) is 0. The van der Waals surface area contributed by atoms with Crippen LogP contribution in [0.2, 0.25) is 5.82 Å². The van der Waals surface area contributed by atoms with E-state index in [1.165, 1.54) is 64.2 Å². The second-order valence-corrected chi connectivity index (χ2v) is 7.79. The summed E-state index contributed by atoms with van der Waals surface area (Å²) in [6.07, 6.45) is 13.7. The van der Waals surface area contributed by atoms with Gasteiger partial charge in [0.1, 0.15) is 0 Å². The highest BCUT2D eigenvalue weighted by atomic mass is 16.7. The highest BCUT2D eigenvalue weighted by molar-refractivity contribution is 6.47. The van der Waals surface area contributed by atoms with Gasteiger partial charge in [0.2, 0.25) is 0 Å². The van der Waals surface area contributed by atoms with Gasteiger partial charge in [-0.25, -0.2) is 0 Å². The fourth-order valence-corrected chi connectivity index (χ4v) is 3.37. The van der Waals surface area contributed by atoms with Crippen molar-refractivity contribution in [1.29, 1.82) is 0 Å². The minimum absolute atomic E-state index is 0.0146. The van der Waals surface area contributed by atoms with E-state index < -0.39 is 0 Å². The van der Waals surface area contributed by atoms with Gasteiger partial charge in [0.25, 0.3) is 0 Å². The molecule has 0 unspecified atom stereocenters. The van der Waals surface area contributed by atoms with Crippen LogP contribution in [0.15, 0.2) is 0 Å². The Bertz CT molecular complexity index is 273. The van der Waals surface area contributed by atoms with E-state index in [1.54, 1.807) is 0 Å². The van der Waals surface area contributed by atoms with E-state index in [4.69, 9.17) is 9.31 Å². The Morgan fingerprint density at radius 2 is 1.00 bits per heavy atom. The predicted octanol–water partition coefficient (Wildman–Crippen LogP) is 5.36. The summed E-state index contributed by atoms with van der Waals surface area (Å²) in [7, 11) is 0.0146. The minimum atomic E-state index is -0.177. The van der Waals surface area contributed by atoms with Gasteiger partial charge < -0.3 is 9.31 Å². The molecule has 20 heavy (non-hydrogen) atoms. The number of hydrogen-bond acceptors (Lipinski definition) is 2.